The second kappa shape index (κ2) is 3.91. The fourth-order valence-corrected chi connectivity index (χ4v) is 1.09. The Hall–Kier alpha value is -0.120. The van der Waals surface area contributed by atoms with Gasteiger partial charge in [-0.3, -0.25) is 0 Å². The highest BCUT2D eigenvalue weighted by atomic mass is 16.5. The maximum Gasteiger partial charge on any atom is 0.0843 e. The van der Waals surface area contributed by atoms with Gasteiger partial charge in [0.1, 0.15) is 0 Å². The van der Waals surface area contributed by atoms with Crippen LogP contribution >= 0.6 is 0 Å². The summed E-state index contributed by atoms with van der Waals surface area (Å²) in [6.07, 6.45) is 0.337. The molecule has 0 N–H and O–H groups in total. The zero-order valence-corrected chi connectivity index (χ0v) is 6.71. The first-order valence-electron chi connectivity index (χ1n) is 3.68. The van der Waals surface area contributed by atoms with Crippen molar-refractivity contribution in [1.82, 2.24) is 10.2 Å². The van der Waals surface area contributed by atoms with Crippen LogP contribution in [0.3, 0.4) is 0 Å². The lowest BCUT2D eigenvalue weighted by Crippen LogP contribution is -2.40. The van der Waals surface area contributed by atoms with E-state index in [1.165, 1.54) is 0 Å². The van der Waals surface area contributed by atoms with Crippen LogP contribution in [0.4, 0.5) is 0 Å². The van der Waals surface area contributed by atoms with E-state index in [1.807, 2.05) is 0 Å². The van der Waals surface area contributed by atoms with Crippen molar-refractivity contribution in [1.29, 1.82) is 0 Å². The standard InChI is InChI=1S/C7H15N2O/c1-9(2)6-7-5-8-3-4-10-7/h7H,3-6H2,1-2H3. The lowest BCUT2D eigenvalue weighted by molar-refractivity contribution is 0.0125. The van der Waals surface area contributed by atoms with Crippen molar-refractivity contribution < 1.29 is 4.74 Å². The predicted molar refractivity (Wildman–Crippen MR) is 40.2 cm³/mol. The van der Waals surface area contributed by atoms with Crippen LogP contribution in [0.15, 0.2) is 0 Å². The highest BCUT2D eigenvalue weighted by Gasteiger charge is 2.13. The summed E-state index contributed by atoms with van der Waals surface area (Å²) in [4.78, 5) is 2.13. The fraction of sp³-hybridized carbons (Fsp3) is 1.00. The monoisotopic (exact) mass is 143 g/mol. The van der Waals surface area contributed by atoms with Gasteiger partial charge in [0.15, 0.2) is 0 Å². The number of morpholine rings is 1. The van der Waals surface area contributed by atoms with Crippen molar-refractivity contribution in [2.75, 3.05) is 40.3 Å². The Morgan fingerprint density at radius 2 is 2.40 bits per heavy atom. The molecule has 0 saturated carbocycles. The van der Waals surface area contributed by atoms with Gasteiger partial charge in [-0.05, 0) is 14.1 Å². The maximum atomic E-state index is 5.45. The van der Waals surface area contributed by atoms with Gasteiger partial charge in [-0.2, -0.15) is 0 Å². The Bertz CT molecular complexity index is 89.6. The Balaban J connectivity index is 2.13. The molecule has 0 amide bonds. The van der Waals surface area contributed by atoms with Crippen molar-refractivity contribution in [2.45, 2.75) is 6.10 Å². The molecule has 1 saturated heterocycles. The van der Waals surface area contributed by atoms with Crippen LogP contribution in [-0.4, -0.2) is 51.3 Å². The summed E-state index contributed by atoms with van der Waals surface area (Å²) < 4.78 is 5.45. The number of ether oxygens (including phenoxy) is 1. The first kappa shape index (κ1) is 7.98. The third-order valence-electron chi connectivity index (χ3n) is 1.50. The molecule has 1 atom stereocenters. The Morgan fingerprint density at radius 1 is 1.60 bits per heavy atom. The molecule has 0 aromatic carbocycles. The molecule has 1 aliphatic rings. The van der Waals surface area contributed by atoms with Gasteiger partial charge in [0.2, 0.25) is 0 Å². The summed E-state index contributed by atoms with van der Waals surface area (Å²) in [7, 11) is 4.11. The van der Waals surface area contributed by atoms with Gasteiger partial charge in [-0.1, -0.05) is 0 Å². The topological polar surface area (TPSA) is 26.6 Å². The molecule has 0 spiro atoms. The number of nitrogens with zero attached hydrogens (tertiary/aromatic N) is 2. The molecule has 1 heterocycles. The lowest BCUT2D eigenvalue weighted by atomic mass is 10.3. The van der Waals surface area contributed by atoms with Crippen LogP contribution in [0.25, 0.3) is 0 Å². The zero-order valence-electron chi connectivity index (χ0n) is 6.71. The third-order valence-corrected chi connectivity index (χ3v) is 1.50. The molecule has 3 heteroatoms. The Labute approximate surface area is 62.3 Å². The normalized spacial score (nSPS) is 27.3. The molecule has 59 valence electrons. The van der Waals surface area contributed by atoms with E-state index in [4.69, 9.17) is 4.74 Å². The van der Waals surface area contributed by atoms with Crippen molar-refractivity contribution in [2.24, 2.45) is 0 Å². The molecule has 0 bridgehead atoms. The van der Waals surface area contributed by atoms with Gasteiger partial charge in [0.25, 0.3) is 0 Å². The Morgan fingerprint density at radius 3 is 2.90 bits per heavy atom. The average molecular weight is 143 g/mol. The van der Waals surface area contributed by atoms with Crippen LogP contribution in [0, 0.1) is 0 Å². The molecule has 1 radical (unpaired) electrons. The van der Waals surface area contributed by atoms with E-state index in [0.29, 0.717) is 6.10 Å². The second-order valence-electron chi connectivity index (χ2n) is 2.88. The molecule has 0 aromatic rings. The first-order valence-corrected chi connectivity index (χ1v) is 3.68. The van der Waals surface area contributed by atoms with Gasteiger partial charge in [0, 0.05) is 19.6 Å². The van der Waals surface area contributed by atoms with Crippen molar-refractivity contribution in [3.63, 3.8) is 0 Å². The fourth-order valence-electron chi connectivity index (χ4n) is 1.09. The lowest BCUT2D eigenvalue weighted by Gasteiger charge is -2.24. The zero-order chi connectivity index (χ0) is 7.40. The van der Waals surface area contributed by atoms with Crippen LogP contribution in [0.5, 0.6) is 0 Å². The summed E-state index contributed by atoms with van der Waals surface area (Å²) in [5.74, 6) is 0. The molecular formula is C7H15N2O. The smallest absolute Gasteiger partial charge is 0.0843 e. The van der Waals surface area contributed by atoms with Crippen molar-refractivity contribution in [3.05, 3.63) is 0 Å². The minimum Gasteiger partial charge on any atom is -0.374 e. The number of likely N-dealkylation sites (N-methyl/N-ethyl adjacent to an activating group) is 1. The summed E-state index contributed by atoms with van der Waals surface area (Å²) >= 11 is 0. The number of rotatable bonds is 2. The van der Waals surface area contributed by atoms with Gasteiger partial charge in [-0.25, -0.2) is 5.32 Å². The number of hydrogen-bond acceptors (Lipinski definition) is 2. The molecule has 1 rings (SSSR count). The molecule has 0 aliphatic carbocycles. The minimum absolute atomic E-state index is 0.337. The molecule has 0 aromatic heterocycles. The highest BCUT2D eigenvalue weighted by Crippen LogP contribution is 1.97. The molecule has 10 heavy (non-hydrogen) atoms. The minimum atomic E-state index is 0.337. The first-order chi connectivity index (χ1) is 4.79. The molecule has 1 fully saturated rings. The molecule has 3 nitrogen and oxygen atoms in total. The van der Waals surface area contributed by atoms with Crippen LogP contribution in [-0.2, 0) is 4.74 Å². The van der Waals surface area contributed by atoms with E-state index < -0.39 is 0 Å². The van der Waals surface area contributed by atoms with Crippen molar-refractivity contribution in [3.8, 4) is 0 Å². The molecule has 1 aliphatic heterocycles. The SMILES string of the molecule is CN(C)CC1C[N]CCO1. The van der Waals surface area contributed by atoms with Gasteiger partial charge in [-0.15, -0.1) is 0 Å². The second-order valence-corrected chi connectivity index (χ2v) is 2.88. The maximum absolute atomic E-state index is 5.45. The van der Waals surface area contributed by atoms with E-state index in [9.17, 15) is 0 Å². The highest BCUT2D eigenvalue weighted by molar-refractivity contribution is 4.68. The Kier molecular flexibility index (Phi) is 3.12. The quantitative estimate of drug-likeness (QED) is 0.523. The molecule has 1 unspecified atom stereocenters. The van der Waals surface area contributed by atoms with E-state index >= 15 is 0 Å². The van der Waals surface area contributed by atoms with E-state index in [0.717, 1.165) is 26.2 Å². The summed E-state index contributed by atoms with van der Waals surface area (Å²) in [6, 6.07) is 0. The van der Waals surface area contributed by atoms with Crippen LogP contribution in [0.1, 0.15) is 0 Å². The van der Waals surface area contributed by atoms with Gasteiger partial charge >= 0.3 is 0 Å². The van der Waals surface area contributed by atoms with Gasteiger partial charge in [0.05, 0.1) is 12.7 Å². The van der Waals surface area contributed by atoms with Crippen molar-refractivity contribution >= 4 is 0 Å². The summed E-state index contributed by atoms with van der Waals surface area (Å²) in [5, 5.41) is 4.26. The summed E-state index contributed by atoms with van der Waals surface area (Å²) in [6.45, 7) is 3.55. The third kappa shape index (κ3) is 2.64. The van der Waals surface area contributed by atoms with E-state index in [-0.39, 0.29) is 0 Å². The van der Waals surface area contributed by atoms with Crippen LogP contribution < -0.4 is 5.32 Å². The largest absolute Gasteiger partial charge is 0.374 e. The number of hydrogen-bond donors (Lipinski definition) is 0. The molecular weight excluding hydrogens is 128 g/mol. The average Bonchev–Trinajstić information content (AvgIpc) is 1.88. The van der Waals surface area contributed by atoms with Crippen LogP contribution in [0.2, 0.25) is 0 Å². The van der Waals surface area contributed by atoms with E-state index in [2.05, 4.69) is 24.3 Å². The summed E-state index contributed by atoms with van der Waals surface area (Å²) in [5.41, 5.74) is 0. The predicted octanol–water partition coefficient (Wildman–Crippen LogP) is -0.449. The van der Waals surface area contributed by atoms with Gasteiger partial charge < -0.3 is 9.64 Å². The van der Waals surface area contributed by atoms with E-state index in [1.54, 1.807) is 0 Å².